The number of hydrogen-bond acceptors (Lipinski definition) is 5. The van der Waals surface area contributed by atoms with E-state index in [4.69, 9.17) is 9.47 Å². The predicted molar refractivity (Wildman–Crippen MR) is 97.4 cm³/mol. The van der Waals surface area contributed by atoms with Crippen molar-refractivity contribution in [3.8, 4) is 11.3 Å². The van der Waals surface area contributed by atoms with Crippen molar-refractivity contribution in [3.05, 3.63) is 53.3 Å². The van der Waals surface area contributed by atoms with Crippen LogP contribution in [-0.4, -0.2) is 39.9 Å². The van der Waals surface area contributed by atoms with Crippen LogP contribution in [-0.2, 0) is 15.7 Å². The van der Waals surface area contributed by atoms with Crippen molar-refractivity contribution in [2.24, 2.45) is 0 Å². The first-order valence-corrected chi connectivity index (χ1v) is 9.14. The number of carbonyl (C=O) groups is 1. The van der Waals surface area contributed by atoms with Crippen molar-refractivity contribution in [1.29, 1.82) is 0 Å². The molecular weight excluding hydrogens is 387 g/mol. The Morgan fingerprint density at radius 3 is 2.72 bits per heavy atom. The van der Waals surface area contributed by atoms with Crippen LogP contribution in [0.2, 0.25) is 0 Å². The van der Waals surface area contributed by atoms with Crippen molar-refractivity contribution < 1.29 is 27.4 Å². The summed E-state index contributed by atoms with van der Waals surface area (Å²) in [5, 5.41) is 3.74. The van der Waals surface area contributed by atoms with Crippen LogP contribution in [0.15, 0.2) is 36.5 Å². The number of benzene rings is 1. The molecule has 2 aromatic heterocycles. The number of nitrogens with zero attached hydrogens (tertiary/aromatic N) is 3. The summed E-state index contributed by atoms with van der Waals surface area (Å²) < 4.78 is 52.1. The summed E-state index contributed by atoms with van der Waals surface area (Å²) in [6.07, 6.45) is -2.16. The molecule has 6 nitrogen and oxygen atoms in total. The van der Waals surface area contributed by atoms with Crippen LogP contribution >= 0.6 is 0 Å². The zero-order chi connectivity index (χ0) is 20.6. The molecule has 1 aliphatic heterocycles. The third kappa shape index (κ3) is 3.95. The first-order valence-electron chi connectivity index (χ1n) is 9.14. The lowest BCUT2D eigenvalue weighted by atomic mass is 10.1. The lowest BCUT2D eigenvalue weighted by molar-refractivity contribution is -0.142. The van der Waals surface area contributed by atoms with Gasteiger partial charge in [-0.2, -0.15) is 18.3 Å². The number of aromatic nitrogens is 3. The SMILES string of the molecule is Cc1ccc(-c2cc(C(F)(F)F)n3ncc(C(=O)OC[C@H]4CCCO4)c3n2)cc1. The van der Waals surface area contributed by atoms with E-state index in [0.29, 0.717) is 16.7 Å². The third-order valence-electron chi connectivity index (χ3n) is 4.75. The van der Waals surface area contributed by atoms with Crippen molar-refractivity contribution in [2.45, 2.75) is 32.0 Å². The van der Waals surface area contributed by atoms with E-state index in [-0.39, 0.29) is 29.6 Å². The molecule has 9 heteroatoms. The number of carbonyl (C=O) groups excluding carboxylic acids is 1. The molecule has 0 spiro atoms. The molecular formula is C20H18F3N3O3. The van der Waals surface area contributed by atoms with Crippen LogP contribution in [0, 0.1) is 6.92 Å². The first kappa shape index (κ1) is 19.4. The highest BCUT2D eigenvalue weighted by Gasteiger charge is 2.36. The summed E-state index contributed by atoms with van der Waals surface area (Å²) in [4.78, 5) is 16.8. The fraction of sp³-hybridized carbons (Fsp3) is 0.350. The van der Waals surface area contributed by atoms with Gasteiger partial charge in [0, 0.05) is 12.2 Å². The van der Waals surface area contributed by atoms with E-state index in [2.05, 4.69) is 10.1 Å². The van der Waals surface area contributed by atoms with Gasteiger partial charge in [-0.05, 0) is 25.8 Å². The number of aryl methyl sites for hydroxylation is 1. The van der Waals surface area contributed by atoms with E-state index in [9.17, 15) is 18.0 Å². The molecule has 0 N–H and O–H groups in total. The van der Waals surface area contributed by atoms with Crippen LogP contribution in [0.3, 0.4) is 0 Å². The standard InChI is InChI=1S/C20H18F3N3O3/c1-12-4-6-13(7-5-12)16-9-17(20(21,22)23)26-18(25-16)15(10-24-26)19(27)29-11-14-3-2-8-28-14/h4-7,9-10,14H,2-3,8,11H2,1H3/t14-/m1/s1. The van der Waals surface area contributed by atoms with Crippen LogP contribution in [0.5, 0.6) is 0 Å². The van der Waals surface area contributed by atoms with Gasteiger partial charge < -0.3 is 9.47 Å². The smallest absolute Gasteiger partial charge is 0.433 e. The Morgan fingerprint density at radius 2 is 2.07 bits per heavy atom. The molecule has 1 aromatic carbocycles. The number of esters is 1. The Hall–Kier alpha value is -2.94. The molecule has 152 valence electrons. The van der Waals surface area contributed by atoms with E-state index in [1.54, 1.807) is 24.3 Å². The van der Waals surface area contributed by atoms with E-state index in [1.807, 2.05) is 6.92 Å². The maximum Gasteiger partial charge on any atom is 0.433 e. The molecule has 0 saturated carbocycles. The molecule has 0 aliphatic carbocycles. The average molecular weight is 405 g/mol. The molecule has 4 rings (SSSR count). The molecule has 0 amide bonds. The quantitative estimate of drug-likeness (QED) is 0.613. The van der Waals surface area contributed by atoms with Gasteiger partial charge >= 0.3 is 12.1 Å². The minimum absolute atomic E-state index is 0.0416. The number of halogens is 3. The van der Waals surface area contributed by atoms with Gasteiger partial charge in [-0.1, -0.05) is 29.8 Å². The monoisotopic (exact) mass is 405 g/mol. The second-order valence-electron chi connectivity index (χ2n) is 6.92. The Balaban J connectivity index is 1.75. The Labute approximate surface area is 164 Å². The fourth-order valence-corrected chi connectivity index (χ4v) is 3.20. The van der Waals surface area contributed by atoms with Gasteiger partial charge in [-0.25, -0.2) is 14.3 Å². The highest BCUT2D eigenvalue weighted by atomic mass is 19.4. The van der Waals surface area contributed by atoms with Crippen LogP contribution in [0.25, 0.3) is 16.9 Å². The second-order valence-corrected chi connectivity index (χ2v) is 6.92. The summed E-state index contributed by atoms with van der Waals surface area (Å²) in [6.45, 7) is 2.52. The summed E-state index contributed by atoms with van der Waals surface area (Å²) in [5.41, 5.74) is 0.224. The number of fused-ring (bicyclic) bond motifs is 1. The molecule has 0 bridgehead atoms. The largest absolute Gasteiger partial charge is 0.459 e. The summed E-state index contributed by atoms with van der Waals surface area (Å²) >= 11 is 0. The normalized spacial score (nSPS) is 17.0. The first-order chi connectivity index (χ1) is 13.8. The van der Waals surface area contributed by atoms with Crippen molar-refractivity contribution in [3.63, 3.8) is 0 Å². The number of hydrogen-bond donors (Lipinski definition) is 0. The lowest BCUT2D eigenvalue weighted by Gasteiger charge is -2.12. The van der Waals surface area contributed by atoms with Crippen LogP contribution in [0.4, 0.5) is 13.2 Å². The van der Waals surface area contributed by atoms with E-state index in [0.717, 1.165) is 30.7 Å². The van der Waals surface area contributed by atoms with E-state index < -0.39 is 17.8 Å². The Bertz CT molecular complexity index is 1040. The van der Waals surface area contributed by atoms with Gasteiger partial charge in [-0.15, -0.1) is 0 Å². The summed E-state index contributed by atoms with van der Waals surface area (Å²) in [5.74, 6) is -0.780. The van der Waals surface area contributed by atoms with Crippen molar-refractivity contribution in [1.82, 2.24) is 14.6 Å². The number of ether oxygens (including phenoxy) is 2. The molecule has 3 heterocycles. The van der Waals surface area contributed by atoms with Crippen LogP contribution < -0.4 is 0 Å². The van der Waals surface area contributed by atoms with Crippen LogP contribution in [0.1, 0.15) is 34.5 Å². The molecule has 0 radical (unpaired) electrons. The minimum atomic E-state index is -4.68. The predicted octanol–water partition coefficient (Wildman–Crippen LogP) is 4.06. The molecule has 1 atom stereocenters. The van der Waals surface area contributed by atoms with Gasteiger partial charge in [0.05, 0.1) is 18.0 Å². The lowest BCUT2D eigenvalue weighted by Crippen LogP contribution is -2.18. The van der Waals surface area contributed by atoms with Crippen molar-refractivity contribution >= 4 is 11.6 Å². The molecule has 1 fully saturated rings. The topological polar surface area (TPSA) is 65.7 Å². The summed E-state index contributed by atoms with van der Waals surface area (Å²) in [6, 6.07) is 7.84. The molecule has 3 aromatic rings. The Kier molecular flexibility index (Phi) is 4.99. The fourth-order valence-electron chi connectivity index (χ4n) is 3.20. The van der Waals surface area contributed by atoms with Gasteiger partial charge in [0.1, 0.15) is 12.2 Å². The molecule has 1 saturated heterocycles. The van der Waals surface area contributed by atoms with E-state index >= 15 is 0 Å². The van der Waals surface area contributed by atoms with Gasteiger partial charge in [0.15, 0.2) is 11.3 Å². The maximum atomic E-state index is 13.6. The number of alkyl halides is 3. The third-order valence-corrected chi connectivity index (χ3v) is 4.75. The molecule has 0 unspecified atom stereocenters. The zero-order valence-electron chi connectivity index (χ0n) is 15.6. The number of rotatable bonds is 4. The minimum Gasteiger partial charge on any atom is -0.459 e. The summed E-state index contributed by atoms with van der Waals surface area (Å²) in [7, 11) is 0. The maximum absolute atomic E-state index is 13.6. The van der Waals surface area contributed by atoms with Gasteiger partial charge in [-0.3, -0.25) is 0 Å². The highest BCUT2D eigenvalue weighted by molar-refractivity contribution is 5.96. The average Bonchev–Trinajstić information content (AvgIpc) is 3.35. The van der Waals surface area contributed by atoms with Gasteiger partial charge in [0.2, 0.25) is 0 Å². The zero-order valence-corrected chi connectivity index (χ0v) is 15.6. The highest BCUT2D eigenvalue weighted by Crippen LogP contribution is 2.33. The molecule has 1 aliphatic rings. The Morgan fingerprint density at radius 1 is 1.31 bits per heavy atom. The molecule has 29 heavy (non-hydrogen) atoms. The second kappa shape index (κ2) is 7.47. The van der Waals surface area contributed by atoms with E-state index in [1.165, 1.54) is 0 Å². The van der Waals surface area contributed by atoms with Crippen molar-refractivity contribution in [2.75, 3.05) is 13.2 Å². The van der Waals surface area contributed by atoms with Gasteiger partial charge in [0.25, 0.3) is 0 Å².